The van der Waals surface area contributed by atoms with E-state index in [1.807, 2.05) is 0 Å². The summed E-state index contributed by atoms with van der Waals surface area (Å²) in [4.78, 5) is 25.4. The fourth-order valence-electron chi connectivity index (χ4n) is 2.83. The Kier molecular flexibility index (Phi) is 5.93. The van der Waals surface area contributed by atoms with Crippen LogP contribution in [-0.4, -0.2) is 36.5 Å². The Morgan fingerprint density at radius 3 is 2.63 bits per heavy atom. The lowest BCUT2D eigenvalue weighted by molar-refractivity contribution is -0.114. The number of nitrogens with one attached hydrogen (secondary N) is 2. The van der Waals surface area contributed by atoms with E-state index in [1.54, 1.807) is 35.2 Å². The van der Waals surface area contributed by atoms with Crippen molar-refractivity contribution >= 4 is 34.9 Å². The number of ether oxygens (including phenoxy) is 1. The van der Waals surface area contributed by atoms with Crippen molar-refractivity contribution in [3.63, 3.8) is 0 Å². The highest BCUT2D eigenvalue weighted by Gasteiger charge is 2.26. The monoisotopic (exact) mass is 391 g/mol. The molecule has 0 radical (unpaired) electrons. The molecule has 142 valence electrons. The molecule has 0 aliphatic carbocycles. The predicted molar refractivity (Wildman–Crippen MR) is 101 cm³/mol. The minimum absolute atomic E-state index is 0.0208. The fourth-order valence-corrected chi connectivity index (χ4v) is 3.02. The van der Waals surface area contributed by atoms with Crippen molar-refractivity contribution in [3.8, 4) is 0 Å². The standard InChI is InChI=1S/C19H19ClFN3O3/c1-12(25)22-14-3-2-4-15(10-14)23-19(26)24-7-8-27-18(11-24)13-5-6-17(21)16(20)9-13/h2-6,9-10,18H,7-8,11H2,1H3,(H,22,25)(H,23,26). The van der Waals surface area contributed by atoms with Gasteiger partial charge in [0.15, 0.2) is 0 Å². The summed E-state index contributed by atoms with van der Waals surface area (Å²) in [5.41, 5.74) is 1.88. The molecule has 1 atom stereocenters. The Hall–Kier alpha value is -2.64. The number of urea groups is 1. The summed E-state index contributed by atoms with van der Waals surface area (Å²) >= 11 is 5.84. The number of morpholine rings is 1. The molecule has 0 bridgehead atoms. The molecule has 1 aliphatic heterocycles. The van der Waals surface area contributed by atoms with E-state index in [9.17, 15) is 14.0 Å². The number of amides is 3. The Labute approximate surface area is 161 Å². The van der Waals surface area contributed by atoms with Gasteiger partial charge < -0.3 is 20.3 Å². The highest BCUT2D eigenvalue weighted by Crippen LogP contribution is 2.26. The smallest absolute Gasteiger partial charge is 0.322 e. The molecule has 1 fully saturated rings. The average Bonchev–Trinajstić information content (AvgIpc) is 2.64. The maximum absolute atomic E-state index is 13.4. The molecule has 2 aromatic carbocycles. The second-order valence-electron chi connectivity index (χ2n) is 6.17. The Morgan fingerprint density at radius 1 is 1.19 bits per heavy atom. The fraction of sp³-hybridized carbons (Fsp3) is 0.263. The van der Waals surface area contributed by atoms with E-state index in [0.29, 0.717) is 36.6 Å². The molecule has 1 aliphatic rings. The lowest BCUT2D eigenvalue weighted by Gasteiger charge is -2.33. The molecule has 1 saturated heterocycles. The third-order valence-electron chi connectivity index (χ3n) is 4.10. The Bertz CT molecular complexity index is 862. The van der Waals surface area contributed by atoms with E-state index in [-0.39, 0.29) is 23.1 Å². The van der Waals surface area contributed by atoms with Crippen LogP contribution >= 0.6 is 11.6 Å². The van der Waals surface area contributed by atoms with Crippen LogP contribution in [-0.2, 0) is 9.53 Å². The molecule has 3 rings (SSSR count). The van der Waals surface area contributed by atoms with Crippen molar-refractivity contribution in [2.75, 3.05) is 30.3 Å². The van der Waals surface area contributed by atoms with Gasteiger partial charge in [-0.25, -0.2) is 9.18 Å². The molecule has 8 heteroatoms. The summed E-state index contributed by atoms with van der Waals surface area (Å²) in [5, 5.41) is 5.50. The van der Waals surface area contributed by atoms with Gasteiger partial charge in [-0.05, 0) is 35.9 Å². The first-order valence-electron chi connectivity index (χ1n) is 8.42. The van der Waals surface area contributed by atoms with E-state index in [4.69, 9.17) is 16.3 Å². The number of benzene rings is 2. The van der Waals surface area contributed by atoms with Gasteiger partial charge in [-0.1, -0.05) is 23.7 Å². The van der Waals surface area contributed by atoms with Crippen LogP contribution in [0.1, 0.15) is 18.6 Å². The molecule has 2 N–H and O–H groups in total. The van der Waals surface area contributed by atoms with Gasteiger partial charge >= 0.3 is 6.03 Å². The number of halogens is 2. The molecule has 1 unspecified atom stereocenters. The van der Waals surface area contributed by atoms with Crippen LogP contribution in [0.4, 0.5) is 20.6 Å². The number of nitrogens with zero attached hydrogens (tertiary/aromatic N) is 1. The number of carbonyl (C=O) groups excluding carboxylic acids is 2. The van der Waals surface area contributed by atoms with Gasteiger partial charge in [0.05, 0.1) is 18.2 Å². The van der Waals surface area contributed by atoms with Crippen LogP contribution in [0.3, 0.4) is 0 Å². The summed E-state index contributed by atoms with van der Waals surface area (Å²) in [6.07, 6.45) is -0.381. The van der Waals surface area contributed by atoms with Crippen molar-refractivity contribution in [2.24, 2.45) is 0 Å². The summed E-state index contributed by atoms with van der Waals surface area (Å²) in [6.45, 7) is 2.53. The second-order valence-corrected chi connectivity index (χ2v) is 6.58. The van der Waals surface area contributed by atoms with Crippen molar-refractivity contribution in [1.29, 1.82) is 0 Å². The molecule has 0 aromatic heterocycles. The molecule has 1 heterocycles. The number of rotatable bonds is 3. The molecule has 3 amide bonds. The summed E-state index contributed by atoms with van der Waals surface area (Å²) in [5.74, 6) is -0.683. The first-order valence-corrected chi connectivity index (χ1v) is 8.80. The Morgan fingerprint density at radius 2 is 1.93 bits per heavy atom. The van der Waals surface area contributed by atoms with Crippen molar-refractivity contribution in [1.82, 2.24) is 4.90 Å². The third-order valence-corrected chi connectivity index (χ3v) is 4.39. The highest BCUT2D eigenvalue weighted by molar-refractivity contribution is 6.30. The summed E-state index contributed by atoms with van der Waals surface area (Å²) in [7, 11) is 0. The number of anilines is 2. The van der Waals surface area contributed by atoms with E-state index in [2.05, 4.69) is 10.6 Å². The maximum atomic E-state index is 13.4. The quantitative estimate of drug-likeness (QED) is 0.829. The first-order chi connectivity index (χ1) is 12.9. The number of hydrogen-bond donors (Lipinski definition) is 2. The zero-order chi connectivity index (χ0) is 19.4. The van der Waals surface area contributed by atoms with Gasteiger partial charge in [0.2, 0.25) is 5.91 Å². The molecule has 2 aromatic rings. The second kappa shape index (κ2) is 8.37. The van der Waals surface area contributed by atoms with Gasteiger partial charge in [-0.3, -0.25) is 4.79 Å². The minimum atomic E-state index is -0.495. The molecule has 0 saturated carbocycles. The van der Waals surface area contributed by atoms with Gasteiger partial charge in [-0.2, -0.15) is 0 Å². The lowest BCUT2D eigenvalue weighted by Crippen LogP contribution is -2.44. The van der Waals surface area contributed by atoms with Gasteiger partial charge in [0.25, 0.3) is 0 Å². The van der Waals surface area contributed by atoms with Crippen LogP contribution in [0.15, 0.2) is 42.5 Å². The van der Waals surface area contributed by atoms with Gasteiger partial charge in [-0.15, -0.1) is 0 Å². The van der Waals surface area contributed by atoms with Crippen LogP contribution in [0, 0.1) is 5.82 Å². The van der Waals surface area contributed by atoms with Crippen LogP contribution in [0.25, 0.3) is 0 Å². The van der Waals surface area contributed by atoms with E-state index < -0.39 is 5.82 Å². The molecule has 27 heavy (non-hydrogen) atoms. The first kappa shape index (κ1) is 19.1. The van der Waals surface area contributed by atoms with Crippen LogP contribution < -0.4 is 10.6 Å². The normalized spacial score (nSPS) is 16.7. The predicted octanol–water partition coefficient (Wildman–Crippen LogP) is 4.04. The van der Waals surface area contributed by atoms with E-state index in [0.717, 1.165) is 0 Å². The molecule has 0 spiro atoms. The van der Waals surface area contributed by atoms with Crippen molar-refractivity contribution in [3.05, 3.63) is 58.9 Å². The van der Waals surface area contributed by atoms with E-state index >= 15 is 0 Å². The molecular formula is C19H19ClFN3O3. The maximum Gasteiger partial charge on any atom is 0.322 e. The minimum Gasteiger partial charge on any atom is -0.370 e. The van der Waals surface area contributed by atoms with Crippen LogP contribution in [0.2, 0.25) is 5.02 Å². The van der Waals surface area contributed by atoms with Crippen molar-refractivity contribution < 1.29 is 18.7 Å². The Balaban J connectivity index is 1.66. The summed E-state index contributed by atoms with van der Waals surface area (Å²) < 4.78 is 19.1. The topological polar surface area (TPSA) is 70.7 Å². The largest absolute Gasteiger partial charge is 0.370 e. The zero-order valence-corrected chi connectivity index (χ0v) is 15.4. The van der Waals surface area contributed by atoms with Gasteiger partial charge in [0.1, 0.15) is 11.9 Å². The summed E-state index contributed by atoms with van der Waals surface area (Å²) in [6, 6.07) is 11.0. The average molecular weight is 392 g/mol. The molecular weight excluding hydrogens is 373 g/mol. The van der Waals surface area contributed by atoms with E-state index in [1.165, 1.54) is 19.1 Å². The molecule has 6 nitrogen and oxygen atoms in total. The number of carbonyl (C=O) groups is 2. The van der Waals surface area contributed by atoms with Crippen molar-refractivity contribution in [2.45, 2.75) is 13.0 Å². The third kappa shape index (κ3) is 4.96. The highest BCUT2D eigenvalue weighted by atomic mass is 35.5. The van der Waals surface area contributed by atoms with Gasteiger partial charge in [0, 0.05) is 24.8 Å². The SMILES string of the molecule is CC(=O)Nc1cccc(NC(=O)N2CCOC(c3ccc(F)c(Cl)c3)C2)c1. The number of hydrogen-bond acceptors (Lipinski definition) is 3. The van der Waals surface area contributed by atoms with Crippen LogP contribution in [0.5, 0.6) is 0 Å². The lowest BCUT2D eigenvalue weighted by atomic mass is 10.1. The zero-order valence-electron chi connectivity index (χ0n) is 14.7.